The van der Waals surface area contributed by atoms with Crippen LogP contribution in [0.2, 0.25) is 0 Å². The summed E-state index contributed by atoms with van der Waals surface area (Å²) in [5, 5.41) is 7.07. The maximum absolute atomic E-state index is 12.7. The van der Waals surface area contributed by atoms with E-state index in [1.165, 1.54) is 16.8 Å². The second-order valence-corrected chi connectivity index (χ2v) is 7.70. The van der Waals surface area contributed by atoms with Crippen LogP contribution in [0.25, 0.3) is 5.69 Å². The van der Waals surface area contributed by atoms with E-state index in [4.69, 9.17) is 0 Å². The Labute approximate surface area is 182 Å². The first-order chi connectivity index (χ1) is 15.2. The fourth-order valence-electron chi connectivity index (χ4n) is 3.85. The maximum Gasteiger partial charge on any atom is 0.416 e. The van der Waals surface area contributed by atoms with Crippen LogP contribution >= 0.6 is 0 Å². The Morgan fingerprint density at radius 3 is 2.25 bits per heavy atom. The van der Waals surface area contributed by atoms with Crippen LogP contribution in [0.3, 0.4) is 0 Å². The van der Waals surface area contributed by atoms with Gasteiger partial charge in [0.2, 0.25) is 0 Å². The van der Waals surface area contributed by atoms with Crippen LogP contribution in [0.15, 0.2) is 59.4 Å². The molecule has 2 aromatic carbocycles. The van der Waals surface area contributed by atoms with E-state index in [1.807, 2.05) is 30.3 Å². The van der Waals surface area contributed by atoms with Gasteiger partial charge in [-0.05, 0) is 49.2 Å². The largest absolute Gasteiger partial charge is 0.416 e. The normalized spacial score (nSPS) is 15.1. The standard InChI is InChI=1S/C22H22F3N5O2/c1-28-21(32)30(18-5-3-2-4-6-18)19(27-28)15-11-13-29(14-12-15)20(31)26-17-9-7-16(8-10-17)22(23,24)25/h2-10,15H,11-14H2,1H3,(H,26,31). The second kappa shape index (κ2) is 8.52. The number of likely N-dealkylation sites (tertiary alicyclic amines) is 1. The topological polar surface area (TPSA) is 72.2 Å². The number of amides is 2. The fraction of sp³-hybridized carbons (Fsp3) is 0.318. The number of carbonyl (C=O) groups excluding carboxylic acids is 1. The molecule has 0 saturated carbocycles. The fourth-order valence-corrected chi connectivity index (χ4v) is 3.85. The summed E-state index contributed by atoms with van der Waals surface area (Å²) in [5.74, 6) is 0.658. The van der Waals surface area contributed by atoms with Gasteiger partial charge in [-0.15, -0.1) is 0 Å². The van der Waals surface area contributed by atoms with Gasteiger partial charge < -0.3 is 10.2 Å². The molecule has 1 aliphatic rings. The second-order valence-electron chi connectivity index (χ2n) is 7.70. The molecule has 1 aromatic heterocycles. The van der Waals surface area contributed by atoms with E-state index in [1.54, 1.807) is 16.5 Å². The molecular formula is C22H22F3N5O2. The van der Waals surface area contributed by atoms with Gasteiger partial charge in [0.15, 0.2) is 0 Å². The number of nitrogens with zero attached hydrogens (tertiary/aromatic N) is 4. The van der Waals surface area contributed by atoms with Crippen LogP contribution in [0, 0.1) is 0 Å². The van der Waals surface area contributed by atoms with E-state index in [9.17, 15) is 22.8 Å². The van der Waals surface area contributed by atoms with E-state index in [-0.39, 0.29) is 17.6 Å². The lowest BCUT2D eigenvalue weighted by atomic mass is 9.96. The molecule has 7 nitrogen and oxygen atoms in total. The molecule has 2 heterocycles. The average Bonchev–Trinajstić information content (AvgIpc) is 3.08. The number of aryl methyl sites for hydroxylation is 1. The molecule has 1 fully saturated rings. The molecule has 1 saturated heterocycles. The quantitative estimate of drug-likeness (QED) is 0.663. The highest BCUT2D eigenvalue weighted by Crippen LogP contribution is 2.30. The van der Waals surface area contributed by atoms with Crippen molar-refractivity contribution in [3.05, 3.63) is 76.5 Å². The molecule has 0 radical (unpaired) electrons. The SMILES string of the molecule is Cn1nc(C2CCN(C(=O)Nc3ccc(C(F)(F)F)cc3)CC2)n(-c2ccccc2)c1=O. The Morgan fingerprint density at radius 2 is 1.66 bits per heavy atom. The number of aromatic nitrogens is 3. The van der Waals surface area contributed by atoms with Crippen molar-refractivity contribution < 1.29 is 18.0 Å². The number of hydrogen-bond acceptors (Lipinski definition) is 3. The molecule has 1 N–H and O–H groups in total. The molecule has 0 atom stereocenters. The van der Waals surface area contributed by atoms with Gasteiger partial charge in [-0.25, -0.2) is 18.8 Å². The third-order valence-electron chi connectivity index (χ3n) is 5.57. The van der Waals surface area contributed by atoms with E-state index >= 15 is 0 Å². The lowest BCUT2D eigenvalue weighted by Crippen LogP contribution is -2.41. The van der Waals surface area contributed by atoms with Crippen molar-refractivity contribution in [3.8, 4) is 5.69 Å². The monoisotopic (exact) mass is 445 g/mol. The number of rotatable bonds is 3. The maximum atomic E-state index is 12.7. The molecule has 1 aliphatic heterocycles. The lowest BCUT2D eigenvalue weighted by molar-refractivity contribution is -0.137. The third kappa shape index (κ3) is 4.39. The number of alkyl halides is 3. The van der Waals surface area contributed by atoms with Gasteiger partial charge in [0.05, 0.1) is 11.3 Å². The van der Waals surface area contributed by atoms with Crippen molar-refractivity contribution in [2.24, 2.45) is 7.05 Å². The van der Waals surface area contributed by atoms with Gasteiger partial charge in [0.25, 0.3) is 0 Å². The highest BCUT2D eigenvalue weighted by Gasteiger charge is 2.31. The van der Waals surface area contributed by atoms with Crippen molar-refractivity contribution in [3.63, 3.8) is 0 Å². The van der Waals surface area contributed by atoms with Gasteiger partial charge in [0.1, 0.15) is 5.82 Å². The van der Waals surface area contributed by atoms with Crippen molar-refractivity contribution in [1.82, 2.24) is 19.2 Å². The summed E-state index contributed by atoms with van der Waals surface area (Å²) in [6.07, 6.45) is -3.19. The highest BCUT2D eigenvalue weighted by molar-refractivity contribution is 5.89. The molecule has 0 bridgehead atoms. The summed E-state index contributed by atoms with van der Waals surface area (Å²) in [7, 11) is 1.61. The molecule has 0 spiro atoms. The highest BCUT2D eigenvalue weighted by atomic mass is 19.4. The minimum atomic E-state index is -4.42. The number of halogens is 3. The number of anilines is 1. The molecule has 4 rings (SSSR count). The molecule has 3 aromatic rings. The predicted molar refractivity (Wildman–Crippen MR) is 113 cm³/mol. The number of carbonyl (C=O) groups is 1. The Kier molecular flexibility index (Phi) is 5.77. The first kappa shape index (κ1) is 21.7. The smallest absolute Gasteiger partial charge is 0.324 e. The summed E-state index contributed by atoms with van der Waals surface area (Å²) in [6, 6.07) is 13.2. The van der Waals surface area contributed by atoms with Crippen LogP contribution in [0.5, 0.6) is 0 Å². The number of hydrogen-bond donors (Lipinski definition) is 1. The van der Waals surface area contributed by atoms with E-state index in [0.29, 0.717) is 37.4 Å². The van der Waals surface area contributed by atoms with E-state index in [0.717, 1.165) is 17.8 Å². The Bertz CT molecular complexity index is 1150. The van der Waals surface area contributed by atoms with Crippen LogP contribution in [-0.2, 0) is 13.2 Å². The Balaban J connectivity index is 1.42. The number of piperidine rings is 1. The summed E-state index contributed by atoms with van der Waals surface area (Å²) >= 11 is 0. The zero-order valence-electron chi connectivity index (χ0n) is 17.3. The number of nitrogens with one attached hydrogen (secondary N) is 1. The summed E-state index contributed by atoms with van der Waals surface area (Å²) < 4.78 is 41.0. The zero-order chi connectivity index (χ0) is 22.9. The van der Waals surface area contributed by atoms with Crippen molar-refractivity contribution in [2.45, 2.75) is 24.9 Å². The molecule has 32 heavy (non-hydrogen) atoms. The zero-order valence-corrected chi connectivity index (χ0v) is 17.3. The van der Waals surface area contributed by atoms with Gasteiger partial charge in [-0.3, -0.25) is 0 Å². The number of para-hydroxylation sites is 1. The van der Waals surface area contributed by atoms with E-state index in [2.05, 4.69) is 10.4 Å². The van der Waals surface area contributed by atoms with Crippen LogP contribution in [0.1, 0.15) is 30.1 Å². The van der Waals surface area contributed by atoms with Crippen molar-refractivity contribution in [1.29, 1.82) is 0 Å². The summed E-state index contributed by atoms with van der Waals surface area (Å²) in [4.78, 5) is 26.8. The average molecular weight is 445 g/mol. The van der Waals surface area contributed by atoms with Crippen LogP contribution in [0.4, 0.5) is 23.7 Å². The minimum absolute atomic E-state index is 0.000717. The first-order valence-corrected chi connectivity index (χ1v) is 10.2. The van der Waals surface area contributed by atoms with E-state index < -0.39 is 11.7 Å². The molecular weight excluding hydrogens is 423 g/mol. The van der Waals surface area contributed by atoms with Gasteiger partial charge in [0, 0.05) is 31.7 Å². The first-order valence-electron chi connectivity index (χ1n) is 10.2. The Hall–Kier alpha value is -3.56. The lowest BCUT2D eigenvalue weighted by Gasteiger charge is -2.31. The van der Waals surface area contributed by atoms with Crippen LogP contribution < -0.4 is 11.0 Å². The molecule has 0 aliphatic carbocycles. The molecule has 0 unspecified atom stereocenters. The molecule has 168 valence electrons. The molecule has 2 amide bonds. The summed E-state index contributed by atoms with van der Waals surface area (Å²) in [6.45, 7) is 0.882. The summed E-state index contributed by atoms with van der Waals surface area (Å²) in [5.41, 5.74) is 0.0423. The van der Waals surface area contributed by atoms with Crippen molar-refractivity contribution >= 4 is 11.7 Å². The molecule has 10 heteroatoms. The minimum Gasteiger partial charge on any atom is -0.324 e. The van der Waals surface area contributed by atoms with Gasteiger partial charge >= 0.3 is 17.9 Å². The van der Waals surface area contributed by atoms with Gasteiger partial charge in [-0.1, -0.05) is 18.2 Å². The third-order valence-corrected chi connectivity index (χ3v) is 5.57. The predicted octanol–water partition coefficient (Wildman–Crippen LogP) is 4.00. The van der Waals surface area contributed by atoms with Crippen LogP contribution in [-0.4, -0.2) is 38.4 Å². The van der Waals surface area contributed by atoms with Crippen molar-refractivity contribution in [2.75, 3.05) is 18.4 Å². The Morgan fingerprint density at radius 1 is 1.03 bits per heavy atom. The number of benzene rings is 2. The number of urea groups is 1. The van der Waals surface area contributed by atoms with Gasteiger partial charge in [-0.2, -0.15) is 18.3 Å².